The molecule has 3 heterocycles. The zero-order valence-corrected chi connectivity index (χ0v) is 14.7. The number of nitrogens with one attached hydrogen (secondary N) is 2. The highest BCUT2D eigenvalue weighted by atomic mass is 16.5. The molecule has 9 heteroatoms. The number of aryl methyl sites for hydroxylation is 1. The fourth-order valence-electron chi connectivity index (χ4n) is 3.34. The number of amides is 3. The number of aromatic nitrogens is 3. The van der Waals surface area contributed by atoms with E-state index in [1.165, 1.54) is 0 Å². The maximum atomic E-state index is 12.7. The lowest BCUT2D eigenvalue weighted by molar-refractivity contribution is -0.120. The van der Waals surface area contributed by atoms with Crippen LogP contribution in [0.1, 0.15) is 30.5 Å². The number of hydrogen-bond donors (Lipinski definition) is 2. The van der Waals surface area contributed by atoms with E-state index in [2.05, 4.69) is 20.5 Å². The second kappa shape index (κ2) is 6.32. The Balaban J connectivity index is 1.50. The minimum absolute atomic E-state index is 0.000716. The predicted octanol–water partition coefficient (Wildman–Crippen LogP) is 1.84. The maximum absolute atomic E-state index is 12.7. The predicted molar refractivity (Wildman–Crippen MR) is 94.2 cm³/mol. The van der Waals surface area contributed by atoms with Gasteiger partial charge >= 0.3 is 6.03 Å². The summed E-state index contributed by atoms with van der Waals surface area (Å²) in [7, 11) is 1.70. The third kappa shape index (κ3) is 2.85. The Bertz CT molecular complexity index is 864. The van der Waals surface area contributed by atoms with Crippen LogP contribution in [0.4, 0.5) is 16.2 Å². The molecule has 1 aromatic carbocycles. The Hall–Kier alpha value is -3.10. The third-order valence-electron chi connectivity index (χ3n) is 4.72. The topological polar surface area (TPSA) is 103 Å². The fourth-order valence-corrected chi connectivity index (χ4v) is 3.34. The Morgan fingerprint density at radius 2 is 2.27 bits per heavy atom. The van der Waals surface area contributed by atoms with E-state index in [4.69, 9.17) is 4.74 Å². The molecular weight excluding hydrogens is 336 g/mol. The number of nitrogens with zero attached hydrogens (tertiary/aromatic N) is 4. The number of aromatic amines is 1. The molecule has 0 aliphatic carbocycles. The lowest BCUT2D eigenvalue weighted by Crippen LogP contribution is -2.36. The maximum Gasteiger partial charge on any atom is 0.322 e. The molecule has 2 aliphatic heterocycles. The second-order valence-corrected chi connectivity index (χ2v) is 6.48. The number of carbonyl (C=O) groups excluding carboxylic acids is 2. The third-order valence-corrected chi connectivity index (χ3v) is 4.72. The van der Waals surface area contributed by atoms with E-state index in [9.17, 15) is 9.59 Å². The van der Waals surface area contributed by atoms with Crippen molar-refractivity contribution >= 4 is 23.3 Å². The number of urea groups is 1. The average Bonchev–Trinajstić information content (AvgIpc) is 3.27. The van der Waals surface area contributed by atoms with Crippen molar-refractivity contribution in [2.45, 2.75) is 25.8 Å². The first-order chi connectivity index (χ1) is 12.5. The van der Waals surface area contributed by atoms with Crippen LogP contribution >= 0.6 is 0 Å². The minimum atomic E-state index is -0.199. The normalized spacial score (nSPS) is 19.3. The number of hydrogen-bond acceptors (Lipinski definition) is 5. The standard InChI is InChI=1S/C17H20N6O3/c1-10-18-16(21-20-10)13-4-3-7-23(13)17(25)19-11-5-6-12-14(8-11)26-9-15(24)22(12)2/h5-6,8,13H,3-4,7,9H2,1-2H3,(H,19,25)(H,18,20,21)/t13-/m0/s1. The molecule has 2 aromatic rings. The van der Waals surface area contributed by atoms with E-state index in [-0.39, 0.29) is 24.6 Å². The smallest absolute Gasteiger partial charge is 0.322 e. The highest BCUT2D eigenvalue weighted by molar-refractivity contribution is 5.98. The first kappa shape index (κ1) is 16.4. The molecule has 3 amide bonds. The lowest BCUT2D eigenvalue weighted by atomic mass is 10.2. The van der Waals surface area contributed by atoms with Crippen molar-refractivity contribution in [1.82, 2.24) is 20.1 Å². The van der Waals surface area contributed by atoms with Crippen molar-refractivity contribution in [3.63, 3.8) is 0 Å². The molecule has 26 heavy (non-hydrogen) atoms. The number of fused-ring (bicyclic) bond motifs is 1. The van der Waals surface area contributed by atoms with Crippen LogP contribution in [0.15, 0.2) is 18.2 Å². The van der Waals surface area contributed by atoms with E-state index < -0.39 is 0 Å². The number of anilines is 2. The van der Waals surface area contributed by atoms with Gasteiger partial charge in [-0.05, 0) is 31.9 Å². The first-order valence-electron chi connectivity index (χ1n) is 8.53. The van der Waals surface area contributed by atoms with Crippen LogP contribution < -0.4 is 15.0 Å². The fraction of sp³-hybridized carbons (Fsp3) is 0.412. The minimum Gasteiger partial charge on any atom is -0.481 e. The highest BCUT2D eigenvalue weighted by Gasteiger charge is 2.33. The number of ether oxygens (including phenoxy) is 1. The van der Waals surface area contributed by atoms with Gasteiger partial charge in [-0.25, -0.2) is 9.78 Å². The van der Waals surface area contributed by atoms with E-state index in [0.717, 1.165) is 18.7 Å². The summed E-state index contributed by atoms with van der Waals surface area (Å²) in [6.07, 6.45) is 1.75. The molecule has 2 aliphatic rings. The average molecular weight is 356 g/mol. The molecule has 1 saturated heterocycles. The quantitative estimate of drug-likeness (QED) is 0.854. The number of benzene rings is 1. The van der Waals surface area contributed by atoms with Crippen LogP contribution in [-0.4, -0.2) is 52.2 Å². The Morgan fingerprint density at radius 1 is 1.42 bits per heavy atom. The molecule has 4 rings (SSSR count). The van der Waals surface area contributed by atoms with Gasteiger partial charge < -0.3 is 19.9 Å². The summed E-state index contributed by atoms with van der Waals surface area (Å²) in [5.41, 5.74) is 1.31. The molecule has 9 nitrogen and oxygen atoms in total. The van der Waals surface area contributed by atoms with Gasteiger partial charge in [0, 0.05) is 25.3 Å². The van der Waals surface area contributed by atoms with Crippen molar-refractivity contribution in [3.8, 4) is 5.75 Å². The Kier molecular flexibility index (Phi) is 3.98. The van der Waals surface area contributed by atoms with Crippen LogP contribution in [0.25, 0.3) is 0 Å². The molecular formula is C17H20N6O3. The lowest BCUT2D eigenvalue weighted by Gasteiger charge is -2.27. The molecule has 0 bridgehead atoms. The van der Waals surface area contributed by atoms with Crippen molar-refractivity contribution in [2.75, 3.05) is 30.4 Å². The monoisotopic (exact) mass is 356 g/mol. The molecule has 0 unspecified atom stereocenters. The summed E-state index contributed by atoms with van der Waals surface area (Å²) in [5.74, 6) is 1.85. The molecule has 0 radical (unpaired) electrons. The number of likely N-dealkylation sites (N-methyl/N-ethyl adjacent to an activating group) is 1. The summed E-state index contributed by atoms with van der Waals surface area (Å²) in [6.45, 7) is 2.49. The van der Waals surface area contributed by atoms with Crippen LogP contribution in [0.3, 0.4) is 0 Å². The van der Waals surface area contributed by atoms with E-state index in [1.54, 1.807) is 35.0 Å². The number of likely N-dealkylation sites (tertiary alicyclic amines) is 1. The van der Waals surface area contributed by atoms with Gasteiger partial charge in [0.2, 0.25) is 0 Å². The zero-order chi connectivity index (χ0) is 18.3. The Morgan fingerprint density at radius 3 is 3.04 bits per heavy atom. The van der Waals surface area contributed by atoms with Crippen molar-refractivity contribution in [1.29, 1.82) is 0 Å². The van der Waals surface area contributed by atoms with Crippen LogP contribution in [0.2, 0.25) is 0 Å². The summed E-state index contributed by atoms with van der Waals surface area (Å²) >= 11 is 0. The SMILES string of the molecule is Cc1nc([C@@H]2CCCN2C(=O)Nc2ccc3c(c2)OCC(=O)N3C)n[nH]1. The summed E-state index contributed by atoms with van der Waals surface area (Å²) in [5, 5.41) is 9.93. The summed E-state index contributed by atoms with van der Waals surface area (Å²) in [4.78, 5) is 32.1. The zero-order valence-electron chi connectivity index (χ0n) is 14.7. The van der Waals surface area contributed by atoms with Gasteiger partial charge in [-0.2, -0.15) is 5.10 Å². The van der Waals surface area contributed by atoms with E-state index in [0.29, 0.717) is 29.5 Å². The summed E-state index contributed by atoms with van der Waals surface area (Å²) < 4.78 is 5.47. The van der Waals surface area contributed by atoms with Gasteiger partial charge in [0.1, 0.15) is 11.6 Å². The second-order valence-electron chi connectivity index (χ2n) is 6.48. The highest BCUT2D eigenvalue weighted by Crippen LogP contribution is 2.34. The van der Waals surface area contributed by atoms with E-state index >= 15 is 0 Å². The van der Waals surface area contributed by atoms with Crippen molar-refractivity contribution in [2.24, 2.45) is 0 Å². The van der Waals surface area contributed by atoms with Gasteiger partial charge in [0.05, 0.1) is 11.7 Å². The summed E-state index contributed by atoms with van der Waals surface area (Å²) in [6, 6.07) is 4.94. The van der Waals surface area contributed by atoms with Crippen LogP contribution in [0.5, 0.6) is 5.75 Å². The van der Waals surface area contributed by atoms with Crippen molar-refractivity contribution < 1.29 is 14.3 Å². The largest absolute Gasteiger partial charge is 0.481 e. The molecule has 136 valence electrons. The van der Waals surface area contributed by atoms with Gasteiger partial charge in [-0.1, -0.05) is 0 Å². The van der Waals surface area contributed by atoms with Gasteiger partial charge in [-0.15, -0.1) is 0 Å². The molecule has 1 fully saturated rings. The number of H-pyrrole nitrogens is 1. The van der Waals surface area contributed by atoms with Crippen molar-refractivity contribution in [3.05, 3.63) is 29.8 Å². The number of carbonyl (C=O) groups is 2. The molecule has 1 aromatic heterocycles. The molecule has 1 atom stereocenters. The number of rotatable bonds is 2. The molecule has 0 saturated carbocycles. The molecule has 2 N–H and O–H groups in total. The van der Waals surface area contributed by atoms with Gasteiger partial charge in [-0.3, -0.25) is 9.89 Å². The van der Waals surface area contributed by atoms with Crippen LogP contribution in [-0.2, 0) is 4.79 Å². The molecule has 0 spiro atoms. The van der Waals surface area contributed by atoms with E-state index in [1.807, 2.05) is 6.92 Å². The van der Waals surface area contributed by atoms with Crippen LogP contribution in [0, 0.1) is 6.92 Å². The first-order valence-corrected chi connectivity index (χ1v) is 8.53. The van der Waals surface area contributed by atoms with Gasteiger partial charge in [0.25, 0.3) is 5.91 Å². The van der Waals surface area contributed by atoms with Gasteiger partial charge in [0.15, 0.2) is 12.4 Å². The Labute approximate surface area is 150 Å².